The number of ketones is 1. The van der Waals surface area contributed by atoms with Gasteiger partial charge in [-0.2, -0.15) is 0 Å². The summed E-state index contributed by atoms with van der Waals surface area (Å²) in [7, 11) is 0. The quantitative estimate of drug-likeness (QED) is 0.323. The summed E-state index contributed by atoms with van der Waals surface area (Å²) in [6.45, 7) is 2.08. The maximum atomic E-state index is 12.8. The topological polar surface area (TPSA) is 26.3 Å². The first kappa shape index (κ1) is 19.0. The Labute approximate surface area is 175 Å². The Hall–Kier alpha value is -3.30. The fourth-order valence-electron chi connectivity index (χ4n) is 2.88. The Bertz CT molecular complexity index is 1080. The maximum absolute atomic E-state index is 12.8. The summed E-state index contributed by atoms with van der Waals surface area (Å²) in [5.41, 5.74) is 2.56. The number of ether oxygens (including phenoxy) is 1. The van der Waals surface area contributed by atoms with Gasteiger partial charge in [-0.25, -0.2) is 0 Å². The van der Waals surface area contributed by atoms with Gasteiger partial charge in [0.05, 0.1) is 0 Å². The predicted octanol–water partition coefficient (Wildman–Crippen LogP) is 7.17. The lowest BCUT2D eigenvalue weighted by Crippen LogP contribution is -2.00. The molecule has 2 nitrogen and oxygen atoms in total. The van der Waals surface area contributed by atoms with Gasteiger partial charge in [0, 0.05) is 20.9 Å². The van der Waals surface area contributed by atoms with Crippen LogP contribution in [0.15, 0.2) is 113 Å². The van der Waals surface area contributed by atoms with Gasteiger partial charge in [0.15, 0.2) is 5.78 Å². The zero-order valence-corrected chi connectivity index (χ0v) is 16.9. The fourth-order valence-corrected chi connectivity index (χ4v) is 3.70. The summed E-state index contributed by atoms with van der Waals surface area (Å²) in [5, 5.41) is 0. The molecule has 0 spiro atoms. The van der Waals surface area contributed by atoms with Crippen LogP contribution >= 0.6 is 11.8 Å². The molecule has 0 aliphatic rings. The largest absolute Gasteiger partial charge is 0.457 e. The molecule has 4 aromatic carbocycles. The van der Waals surface area contributed by atoms with Crippen LogP contribution in [0.25, 0.3) is 0 Å². The Morgan fingerprint density at radius 3 is 1.69 bits per heavy atom. The first-order valence-electron chi connectivity index (χ1n) is 9.40. The van der Waals surface area contributed by atoms with Crippen LogP contribution in [0.1, 0.15) is 21.5 Å². The third-order valence-corrected chi connectivity index (χ3v) is 5.48. The van der Waals surface area contributed by atoms with Crippen LogP contribution in [-0.2, 0) is 0 Å². The molecule has 4 rings (SSSR count). The smallest absolute Gasteiger partial charge is 0.193 e. The molecule has 0 unspecified atom stereocenters. The molecule has 0 fully saturated rings. The van der Waals surface area contributed by atoms with Gasteiger partial charge in [0.2, 0.25) is 0 Å². The van der Waals surface area contributed by atoms with E-state index in [4.69, 9.17) is 4.74 Å². The normalized spacial score (nSPS) is 10.5. The van der Waals surface area contributed by atoms with Gasteiger partial charge >= 0.3 is 0 Å². The van der Waals surface area contributed by atoms with E-state index in [-0.39, 0.29) is 5.78 Å². The first-order chi connectivity index (χ1) is 14.2. The molecule has 142 valence electrons. The van der Waals surface area contributed by atoms with Crippen LogP contribution in [0, 0.1) is 6.92 Å². The van der Waals surface area contributed by atoms with E-state index >= 15 is 0 Å². The van der Waals surface area contributed by atoms with Crippen molar-refractivity contribution < 1.29 is 9.53 Å². The molecule has 0 N–H and O–H groups in total. The van der Waals surface area contributed by atoms with E-state index in [0.717, 1.165) is 10.6 Å². The lowest BCUT2D eigenvalue weighted by atomic mass is 10.0. The van der Waals surface area contributed by atoms with E-state index in [1.54, 1.807) is 23.9 Å². The van der Waals surface area contributed by atoms with Crippen LogP contribution in [0.4, 0.5) is 0 Å². The van der Waals surface area contributed by atoms with Gasteiger partial charge in [-0.1, -0.05) is 47.7 Å². The molecule has 0 saturated heterocycles. The van der Waals surface area contributed by atoms with Crippen LogP contribution in [0.5, 0.6) is 11.5 Å². The molecular weight excluding hydrogens is 376 g/mol. The van der Waals surface area contributed by atoms with Crippen LogP contribution in [-0.4, -0.2) is 5.78 Å². The van der Waals surface area contributed by atoms with Crippen molar-refractivity contribution in [1.82, 2.24) is 0 Å². The van der Waals surface area contributed by atoms with Gasteiger partial charge in [-0.15, -0.1) is 0 Å². The summed E-state index contributed by atoms with van der Waals surface area (Å²) < 4.78 is 5.78. The zero-order valence-electron chi connectivity index (χ0n) is 16.0. The average molecular weight is 397 g/mol. The summed E-state index contributed by atoms with van der Waals surface area (Å²) in [6, 6.07) is 33.0. The minimum absolute atomic E-state index is 0.00291. The summed E-state index contributed by atoms with van der Waals surface area (Å²) >= 11 is 1.69. The number of rotatable bonds is 6. The molecule has 29 heavy (non-hydrogen) atoms. The van der Waals surface area contributed by atoms with E-state index in [9.17, 15) is 4.79 Å². The average Bonchev–Trinajstić information content (AvgIpc) is 2.77. The number of para-hydroxylation sites is 1. The molecule has 0 saturated carbocycles. The highest BCUT2D eigenvalue weighted by molar-refractivity contribution is 7.99. The summed E-state index contributed by atoms with van der Waals surface area (Å²) in [5.74, 6) is 1.48. The van der Waals surface area contributed by atoms with Crippen molar-refractivity contribution in [2.24, 2.45) is 0 Å². The third kappa shape index (κ3) is 4.95. The Morgan fingerprint density at radius 1 is 0.621 bits per heavy atom. The molecule has 0 aromatic heterocycles. The number of carbonyl (C=O) groups excluding carboxylic acids is 1. The minimum atomic E-state index is 0.00291. The van der Waals surface area contributed by atoms with Crippen LogP contribution < -0.4 is 4.74 Å². The number of carbonyl (C=O) groups is 1. The molecule has 0 atom stereocenters. The Morgan fingerprint density at radius 2 is 1.10 bits per heavy atom. The van der Waals surface area contributed by atoms with Crippen molar-refractivity contribution >= 4 is 17.5 Å². The van der Waals surface area contributed by atoms with E-state index in [2.05, 4.69) is 31.2 Å². The molecular formula is C26H20O2S. The molecule has 3 heteroatoms. The van der Waals surface area contributed by atoms with Crippen LogP contribution in [0.2, 0.25) is 0 Å². The molecule has 0 heterocycles. The summed E-state index contributed by atoms with van der Waals surface area (Å²) in [6.07, 6.45) is 0. The second-order valence-corrected chi connectivity index (χ2v) is 7.86. The highest BCUT2D eigenvalue weighted by Gasteiger charge is 2.10. The van der Waals surface area contributed by atoms with E-state index in [0.29, 0.717) is 16.9 Å². The fraction of sp³-hybridized carbons (Fsp3) is 0.0385. The van der Waals surface area contributed by atoms with Crippen molar-refractivity contribution in [1.29, 1.82) is 0 Å². The van der Waals surface area contributed by atoms with Crippen LogP contribution in [0.3, 0.4) is 0 Å². The zero-order chi connectivity index (χ0) is 20.1. The van der Waals surface area contributed by atoms with Crippen molar-refractivity contribution in [3.8, 4) is 11.5 Å². The molecule has 0 amide bonds. The molecule has 4 aromatic rings. The monoisotopic (exact) mass is 396 g/mol. The third-order valence-electron chi connectivity index (χ3n) is 4.47. The molecule has 0 aliphatic heterocycles. The molecule has 0 bridgehead atoms. The highest BCUT2D eigenvalue weighted by Crippen LogP contribution is 2.28. The first-order valence-corrected chi connectivity index (χ1v) is 10.2. The minimum Gasteiger partial charge on any atom is -0.457 e. The Kier molecular flexibility index (Phi) is 5.78. The molecule has 0 aliphatic carbocycles. The molecule has 0 radical (unpaired) electrons. The number of aryl methyl sites for hydroxylation is 1. The number of hydrogen-bond donors (Lipinski definition) is 0. The van der Waals surface area contributed by atoms with Gasteiger partial charge in [-0.05, 0) is 79.7 Å². The van der Waals surface area contributed by atoms with Gasteiger partial charge in [0.1, 0.15) is 11.5 Å². The number of benzene rings is 4. The SMILES string of the molecule is Cc1ccc(Sc2ccc(C(=O)c3ccc(Oc4ccccc4)cc3)cc2)cc1. The second kappa shape index (κ2) is 8.80. The highest BCUT2D eigenvalue weighted by atomic mass is 32.2. The van der Waals surface area contributed by atoms with E-state index in [1.807, 2.05) is 66.7 Å². The lowest BCUT2D eigenvalue weighted by Gasteiger charge is -2.07. The Balaban J connectivity index is 1.43. The predicted molar refractivity (Wildman–Crippen MR) is 118 cm³/mol. The van der Waals surface area contributed by atoms with Gasteiger partial charge < -0.3 is 4.74 Å². The van der Waals surface area contributed by atoms with Gasteiger partial charge in [-0.3, -0.25) is 4.79 Å². The maximum Gasteiger partial charge on any atom is 0.193 e. The standard InChI is InChI=1S/C26H20O2S/c1-19-7-15-24(16-8-19)29-25-17-11-21(12-18-25)26(27)20-9-13-23(14-10-20)28-22-5-3-2-4-6-22/h2-18H,1H3. The van der Waals surface area contributed by atoms with Gasteiger partial charge in [0.25, 0.3) is 0 Å². The van der Waals surface area contributed by atoms with Crippen molar-refractivity contribution in [2.45, 2.75) is 16.7 Å². The second-order valence-electron chi connectivity index (χ2n) is 6.71. The van der Waals surface area contributed by atoms with Crippen molar-refractivity contribution in [3.05, 3.63) is 120 Å². The van der Waals surface area contributed by atoms with Crippen molar-refractivity contribution in [2.75, 3.05) is 0 Å². The lowest BCUT2D eigenvalue weighted by molar-refractivity contribution is 0.103. The van der Waals surface area contributed by atoms with E-state index < -0.39 is 0 Å². The van der Waals surface area contributed by atoms with E-state index in [1.165, 1.54) is 10.5 Å². The van der Waals surface area contributed by atoms with Crippen molar-refractivity contribution in [3.63, 3.8) is 0 Å². The number of hydrogen-bond acceptors (Lipinski definition) is 3. The summed E-state index contributed by atoms with van der Waals surface area (Å²) in [4.78, 5) is 15.1.